The zero-order chi connectivity index (χ0) is 22.9. The van der Waals surface area contributed by atoms with E-state index in [0.717, 1.165) is 0 Å². The van der Waals surface area contributed by atoms with Crippen molar-refractivity contribution in [2.75, 3.05) is 26.7 Å². The van der Waals surface area contributed by atoms with Crippen LogP contribution in [0.15, 0.2) is 50.5 Å². The molecule has 2 aliphatic rings. The minimum atomic E-state index is -2.79. The van der Waals surface area contributed by atoms with E-state index in [1.807, 2.05) is 0 Å². The number of ether oxygens (including phenoxy) is 1. The Hall–Kier alpha value is -2.24. The number of esters is 1. The normalized spacial score (nSPS) is 21.2. The number of halogens is 4. The summed E-state index contributed by atoms with van der Waals surface area (Å²) < 4.78 is 47.2. The molecule has 1 fully saturated rings. The molecule has 0 amide bonds. The lowest BCUT2D eigenvalue weighted by atomic mass is 9.95. The summed E-state index contributed by atoms with van der Waals surface area (Å²) in [5.41, 5.74) is 1.15. The largest absolute Gasteiger partial charge is 0.466 e. The van der Waals surface area contributed by atoms with Crippen LogP contribution in [0.5, 0.6) is 0 Å². The van der Waals surface area contributed by atoms with Gasteiger partial charge in [0.2, 0.25) is 0 Å². The smallest absolute Gasteiger partial charge is 0.338 e. The molecule has 4 rings (SSSR count). The number of amidine groups is 1. The van der Waals surface area contributed by atoms with Crippen LogP contribution in [0.4, 0.5) is 13.2 Å². The second-order valence-corrected chi connectivity index (χ2v) is 9.31. The number of nitrogens with one attached hydrogen (secondary N) is 1. The van der Waals surface area contributed by atoms with Crippen LogP contribution < -0.4 is 5.32 Å². The number of hydrogen-bond donors (Lipinski definition) is 1. The van der Waals surface area contributed by atoms with Crippen LogP contribution >= 0.6 is 27.3 Å². The van der Waals surface area contributed by atoms with Crippen LogP contribution in [0.25, 0.3) is 0 Å². The number of thiazole rings is 1. The number of nitrogens with zero attached hydrogens (tertiary/aromatic N) is 3. The van der Waals surface area contributed by atoms with Gasteiger partial charge < -0.3 is 10.1 Å². The molecule has 6 nitrogen and oxygen atoms in total. The quantitative estimate of drug-likeness (QED) is 0.586. The molecule has 0 aliphatic carbocycles. The van der Waals surface area contributed by atoms with Crippen LogP contribution in [0.3, 0.4) is 0 Å². The first kappa shape index (κ1) is 22.9. The van der Waals surface area contributed by atoms with Gasteiger partial charge in [-0.15, -0.1) is 11.3 Å². The maximum atomic E-state index is 14.0. The van der Waals surface area contributed by atoms with E-state index in [1.54, 1.807) is 16.5 Å². The third-order valence-corrected chi connectivity index (χ3v) is 6.74. The third-order valence-electron chi connectivity index (χ3n) is 5.28. The zero-order valence-corrected chi connectivity index (χ0v) is 19.5. The maximum absolute atomic E-state index is 14.0. The fourth-order valence-corrected chi connectivity index (χ4v) is 5.03. The molecule has 11 heteroatoms. The second kappa shape index (κ2) is 9.32. The summed E-state index contributed by atoms with van der Waals surface area (Å²) in [6, 6.07) is 3.27. The summed E-state index contributed by atoms with van der Waals surface area (Å²) >= 11 is 4.70. The number of rotatable bonds is 5. The molecule has 1 atom stereocenters. The average molecular weight is 529 g/mol. The SMILES string of the molecule is COC(=O)C1=C(CN2CCCC(F)(F)C2)NC(c2nccs2)=N[C@H]1c1ccc(F)cc1Br. The van der Waals surface area contributed by atoms with Crippen molar-refractivity contribution in [3.63, 3.8) is 0 Å². The van der Waals surface area contributed by atoms with E-state index in [4.69, 9.17) is 4.74 Å². The number of methoxy groups -OCH3 is 1. The first-order valence-corrected chi connectivity index (χ1v) is 11.6. The minimum Gasteiger partial charge on any atom is -0.466 e. The van der Waals surface area contributed by atoms with Gasteiger partial charge in [-0.1, -0.05) is 22.0 Å². The lowest BCUT2D eigenvalue weighted by molar-refractivity contribution is -0.136. The fraction of sp³-hybridized carbons (Fsp3) is 0.381. The van der Waals surface area contributed by atoms with E-state index < -0.39 is 30.3 Å². The van der Waals surface area contributed by atoms with Gasteiger partial charge in [0.05, 0.1) is 19.2 Å². The predicted molar refractivity (Wildman–Crippen MR) is 118 cm³/mol. The van der Waals surface area contributed by atoms with Gasteiger partial charge in [0, 0.05) is 34.7 Å². The van der Waals surface area contributed by atoms with E-state index in [9.17, 15) is 18.0 Å². The third kappa shape index (κ3) is 4.89. The van der Waals surface area contributed by atoms with Crippen molar-refractivity contribution in [1.82, 2.24) is 15.2 Å². The Bertz CT molecular complexity index is 1080. The van der Waals surface area contributed by atoms with Gasteiger partial charge in [-0.3, -0.25) is 9.89 Å². The summed E-state index contributed by atoms with van der Waals surface area (Å²) in [4.78, 5) is 23.4. The van der Waals surface area contributed by atoms with Gasteiger partial charge in [0.25, 0.3) is 5.92 Å². The van der Waals surface area contributed by atoms with Gasteiger partial charge in [0.15, 0.2) is 10.8 Å². The van der Waals surface area contributed by atoms with Gasteiger partial charge in [0.1, 0.15) is 11.9 Å². The molecule has 1 N–H and O–H groups in total. The second-order valence-electron chi connectivity index (χ2n) is 7.56. The van der Waals surface area contributed by atoms with Gasteiger partial charge in [-0.05, 0) is 30.7 Å². The monoisotopic (exact) mass is 528 g/mol. The molecule has 0 spiro atoms. The van der Waals surface area contributed by atoms with Crippen LogP contribution in [-0.2, 0) is 9.53 Å². The Morgan fingerprint density at radius 3 is 2.91 bits per heavy atom. The molecule has 3 heterocycles. The highest BCUT2D eigenvalue weighted by atomic mass is 79.9. The molecular weight excluding hydrogens is 509 g/mol. The number of hydrogen-bond acceptors (Lipinski definition) is 7. The van der Waals surface area contributed by atoms with Crippen molar-refractivity contribution in [1.29, 1.82) is 0 Å². The van der Waals surface area contributed by atoms with E-state index >= 15 is 0 Å². The van der Waals surface area contributed by atoms with Crippen molar-refractivity contribution >= 4 is 39.1 Å². The van der Waals surface area contributed by atoms with Gasteiger partial charge >= 0.3 is 5.97 Å². The Morgan fingerprint density at radius 1 is 1.44 bits per heavy atom. The molecule has 32 heavy (non-hydrogen) atoms. The van der Waals surface area contributed by atoms with Crippen molar-refractivity contribution in [3.05, 3.63) is 61.9 Å². The highest BCUT2D eigenvalue weighted by Crippen LogP contribution is 2.37. The van der Waals surface area contributed by atoms with Crippen LogP contribution in [-0.4, -0.2) is 54.4 Å². The number of likely N-dealkylation sites (tertiary alicyclic amines) is 1. The number of aromatic nitrogens is 1. The topological polar surface area (TPSA) is 66.8 Å². The fourth-order valence-electron chi connectivity index (χ4n) is 3.87. The summed E-state index contributed by atoms with van der Waals surface area (Å²) in [6.07, 6.45) is 1.82. The molecule has 1 aromatic carbocycles. The van der Waals surface area contributed by atoms with Crippen LogP contribution in [0, 0.1) is 5.82 Å². The first-order valence-electron chi connectivity index (χ1n) is 9.88. The first-order chi connectivity index (χ1) is 15.3. The van der Waals surface area contributed by atoms with E-state index in [2.05, 4.69) is 31.2 Å². The molecule has 0 bridgehead atoms. The molecular formula is C21H20BrF3N4O2S. The van der Waals surface area contributed by atoms with E-state index in [0.29, 0.717) is 39.5 Å². The number of piperidine rings is 1. The highest BCUT2D eigenvalue weighted by molar-refractivity contribution is 9.10. The number of carbonyl (C=O) groups is 1. The molecule has 0 unspecified atom stereocenters. The standard InChI is InChI=1S/C21H20BrF3N4O2S/c1-31-20(30)16-15(10-29-7-2-5-21(24,25)11-29)27-18(19-26-6-8-32-19)28-17(16)13-4-3-12(23)9-14(13)22/h3-4,6,8-9,17H,2,5,7,10-11H2,1H3,(H,27,28)/t17-/m0/s1. The van der Waals surface area contributed by atoms with Gasteiger partial charge in [-0.2, -0.15) is 0 Å². The Morgan fingerprint density at radius 2 is 2.25 bits per heavy atom. The van der Waals surface area contributed by atoms with Gasteiger partial charge in [-0.25, -0.2) is 22.9 Å². The number of alkyl halides is 2. The molecule has 1 saturated heterocycles. The molecule has 1 aromatic heterocycles. The zero-order valence-electron chi connectivity index (χ0n) is 17.1. The van der Waals surface area contributed by atoms with Crippen molar-refractivity contribution < 1.29 is 22.7 Å². The summed E-state index contributed by atoms with van der Waals surface area (Å²) in [6.45, 7) is 0.158. The van der Waals surface area contributed by atoms with Crippen molar-refractivity contribution in [3.8, 4) is 0 Å². The van der Waals surface area contributed by atoms with Crippen LogP contribution in [0.2, 0.25) is 0 Å². The summed E-state index contributed by atoms with van der Waals surface area (Å²) in [5, 5.41) is 5.49. The molecule has 2 aliphatic heterocycles. The molecule has 0 saturated carbocycles. The summed E-state index contributed by atoms with van der Waals surface area (Å²) in [7, 11) is 1.25. The lowest BCUT2D eigenvalue weighted by Gasteiger charge is -2.35. The van der Waals surface area contributed by atoms with Crippen molar-refractivity contribution in [2.45, 2.75) is 24.8 Å². The van der Waals surface area contributed by atoms with Crippen molar-refractivity contribution in [2.24, 2.45) is 4.99 Å². The minimum absolute atomic E-state index is 0.0831. The molecule has 2 aromatic rings. The average Bonchev–Trinajstić information content (AvgIpc) is 3.27. The Labute approximate surface area is 195 Å². The molecule has 0 radical (unpaired) electrons. The lowest BCUT2D eigenvalue weighted by Crippen LogP contribution is -2.46. The van der Waals surface area contributed by atoms with E-state index in [1.165, 1.54) is 36.6 Å². The van der Waals surface area contributed by atoms with E-state index in [-0.39, 0.29) is 18.5 Å². The maximum Gasteiger partial charge on any atom is 0.338 e. The Balaban J connectivity index is 1.80. The number of benzene rings is 1. The number of carbonyl (C=O) groups excluding carboxylic acids is 1. The predicted octanol–water partition coefficient (Wildman–Crippen LogP) is 4.29. The molecule has 170 valence electrons. The Kier molecular flexibility index (Phi) is 6.68. The summed E-state index contributed by atoms with van der Waals surface area (Å²) in [5.74, 6) is -3.46. The number of aliphatic imine (C=N–C) groups is 1. The van der Waals surface area contributed by atoms with Crippen LogP contribution in [0.1, 0.15) is 29.5 Å². The highest BCUT2D eigenvalue weighted by Gasteiger charge is 2.38.